The second kappa shape index (κ2) is 26.1. The maximum absolute atomic E-state index is 14.5. The van der Waals surface area contributed by atoms with Gasteiger partial charge in [0, 0.05) is 105 Å². The molecule has 3 heterocycles. The number of anilines is 2. The van der Waals surface area contributed by atoms with Crippen LogP contribution in [0.3, 0.4) is 0 Å². The number of rotatable bonds is 26. The van der Waals surface area contributed by atoms with Crippen molar-refractivity contribution in [3.63, 3.8) is 0 Å². The molecule has 1 atom stereocenters. The van der Waals surface area contributed by atoms with Crippen LogP contribution in [-0.2, 0) is 31.2 Å². The van der Waals surface area contributed by atoms with Crippen molar-refractivity contribution in [3.8, 4) is 16.2 Å². The van der Waals surface area contributed by atoms with Gasteiger partial charge in [-0.25, -0.2) is 26.5 Å². The summed E-state index contributed by atoms with van der Waals surface area (Å²) < 4.78 is 106. The summed E-state index contributed by atoms with van der Waals surface area (Å²) in [5.41, 5.74) is 4.09. The molecule has 2 bridgehead atoms. The third kappa shape index (κ3) is 14.9. The summed E-state index contributed by atoms with van der Waals surface area (Å²) >= 11 is 3.02. The van der Waals surface area contributed by atoms with E-state index in [-0.39, 0.29) is 5.56 Å². The zero-order chi connectivity index (χ0) is 60.2. The molecule has 5 fully saturated rings. The third-order valence-electron chi connectivity index (χ3n) is 17.9. The molecule has 3 N–H and O–H groups in total. The van der Waals surface area contributed by atoms with Crippen molar-refractivity contribution in [1.82, 2.24) is 29.7 Å². The number of thioether (sulfide) groups is 1. The van der Waals surface area contributed by atoms with E-state index < -0.39 is 52.8 Å². The highest BCUT2D eigenvalue weighted by Crippen LogP contribution is 2.77. The number of sulfone groups is 1. The standard InChI is InChI=1S/C63H79F3N8O7S4/c1-45-58(83-44-68-45)47-12-13-48(37-67-43-75)56(34-47)81-33-9-8-23-71-25-27-72(28-26-71)24-21-50(39-82-52-10-6-5-7-11-52)69-55-19-18-53(35-57(55)84(77,78)63(64,65)66)85(79,80)70-59(76)46-14-16-51(17-15-46)74-31-29-73(30-32-74)38-49-20-22-60(2,3)36-54(49)62-40-61(4,41-62)42-62/h5-7,10-19,34-35,43-44,50,69H,8-9,20-33,36-42H2,1-4H3,(H,67,75)(H,70,76)/t50-,61?,62?/m1/s1. The van der Waals surface area contributed by atoms with Gasteiger partial charge < -0.3 is 30.1 Å². The van der Waals surface area contributed by atoms with Crippen molar-refractivity contribution in [2.45, 2.75) is 118 Å². The first kappa shape index (κ1) is 62.6. The van der Waals surface area contributed by atoms with Crippen LogP contribution in [0.15, 0.2) is 122 Å². The van der Waals surface area contributed by atoms with Gasteiger partial charge in [-0.3, -0.25) is 14.5 Å². The molecule has 1 aromatic heterocycles. The Morgan fingerprint density at radius 2 is 1.54 bits per heavy atom. The predicted molar refractivity (Wildman–Crippen MR) is 330 cm³/mol. The Hall–Kier alpha value is -5.49. The van der Waals surface area contributed by atoms with Gasteiger partial charge in [0.1, 0.15) is 10.6 Å². The zero-order valence-electron chi connectivity index (χ0n) is 49.0. The summed E-state index contributed by atoms with van der Waals surface area (Å²) in [6.45, 7) is 18.9. The van der Waals surface area contributed by atoms with Crippen LogP contribution >= 0.6 is 23.1 Å². The van der Waals surface area contributed by atoms with Crippen LogP contribution in [0.25, 0.3) is 10.4 Å². The molecular weight excluding hydrogens is 1170 g/mol. The van der Waals surface area contributed by atoms with Crippen LogP contribution in [0.4, 0.5) is 24.5 Å². The number of benzene rings is 4. The molecule has 22 heteroatoms. The fourth-order valence-corrected chi connectivity index (χ4v) is 17.2. The van der Waals surface area contributed by atoms with E-state index in [1.165, 1.54) is 56.0 Å². The lowest BCUT2D eigenvalue weighted by Crippen LogP contribution is -2.61. The van der Waals surface area contributed by atoms with Crippen molar-refractivity contribution in [1.29, 1.82) is 0 Å². The van der Waals surface area contributed by atoms with Gasteiger partial charge in [0.2, 0.25) is 6.41 Å². The summed E-state index contributed by atoms with van der Waals surface area (Å²) in [5.74, 6) is 0.0597. The van der Waals surface area contributed by atoms with Crippen LogP contribution in [0.5, 0.6) is 5.75 Å². The fourth-order valence-electron chi connectivity index (χ4n) is 13.4. The molecule has 2 amide bonds. The number of amides is 2. The number of allylic oxidation sites excluding steroid dienone is 1. The number of halogens is 3. The number of unbranched alkanes of at least 4 members (excludes halogenated alkanes) is 1. The van der Waals surface area contributed by atoms with E-state index in [4.69, 9.17) is 4.74 Å². The Bertz CT molecular complexity index is 3420. The zero-order valence-corrected chi connectivity index (χ0v) is 52.3. The average molecular weight is 1250 g/mol. The van der Waals surface area contributed by atoms with Gasteiger partial charge in [0.15, 0.2) is 0 Å². The number of piperazine rings is 2. The molecule has 3 saturated carbocycles. The number of nitrogens with zero attached hydrogens (tertiary/aromatic N) is 5. The van der Waals surface area contributed by atoms with E-state index in [2.05, 4.69) is 56.0 Å². The average Bonchev–Trinajstić information content (AvgIpc) is 0.849. The van der Waals surface area contributed by atoms with Crippen molar-refractivity contribution in [3.05, 3.63) is 124 Å². The first-order chi connectivity index (χ1) is 40.5. The van der Waals surface area contributed by atoms with Gasteiger partial charge in [-0.1, -0.05) is 62.2 Å². The summed E-state index contributed by atoms with van der Waals surface area (Å²) in [6.07, 6.45) is 10.4. The highest BCUT2D eigenvalue weighted by Gasteiger charge is 2.67. The number of sulfonamides is 1. The number of aryl methyl sites for hydroxylation is 1. The molecular formula is C63H79F3N8O7S4. The van der Waals surface area contributed by atoms with Crippen molar-refractivity contribution < 1.29 is 44.3 Å². The summed E-state index contributed by atoms with van der Waals surface area (Å²) in [7, 11) is -11.0. The second-order valence-electron chi connectivity index (χ2n) is 25.0. The van der Waals surface area contributed by atoms with E-state index in [0.29, 0.717) is 60.6 Å². The topological polar surface area (TPSA) is 174 Å². The van der Waals surface area contributed by atoms with E-state index in [9.17, 15) is 39.6 Å². The minimum atomic E-state index is -6.10. The van der Waals surface area contributed by atoms with Crippen molar-refractivity contribution >= 4 is 66.7 Å². The molecule has 458 valence electrons. The molecule has 0 unspecified atom stereocenters. The van der Waals surface area contributed by atoms with Crippen LogP contribution in [0, 0.1) is 23.2 Å². The van der Waals surface area contributed by atoms with E-state index in [1.54, 1.807) is 34.6 Å². The van der Waals surface area contributed by atoms with Crippen LogP contribution < -0.4 is 25.0 Å². The van der Waals surface area contributed by atoms with Gasteiger partial charge >= 0.3 is 5.51 Å². The number of aromatic nitrogens is 1. The van der Waals surface area contributed by atoms with Crippen LogP contribution in [0.1, 0.15) is 100 Å². The molecule has 11 rings (SSSR count). The van der Waals surface area contributed by atoms with Gasteiger partial charge in [0.25, 0.3) is 25.8 Å². The van der Waals surface area contributed by atoms with Crippen LogP contribution in [-0.4, -0.2) is 145 Å². The van der Waals surface area contributed by atoms with E-state index >= 15 is 0 Å². The molecule has 15 nitrogen and oxygen atoms in total. The summed E-state index contributed by atoms with van der Waals surface area (Å²) in [6, 6.07) is 23.9. The van der Waals surface area contributed by atoms with Gasteiger partial charge in [0.05, 0.1) is 33.3 Å². The number of hydrogen-bond donors (Lipinski definition) is 3. The largest absolute Gasteiger partial charge is 0.501 e. The minimum Gasteiger partial charge on any atom is -0.493 e. The predicted octanol–water partition coefficient (Wildman–Crippen LogP) is 11.0. The van der Waals surface area contributed by atoms with Gasteiger partial charge in [-0.2, -0.15) is 13.2 Å². The SMILES string of the molecule is Cc1ncsc1-c1ccc(CNC=O)c(OCCCCN2CCN(CC[C@H](CSc3ccccc3)Nc3ccc(S(=O)(=O)NC(=O)c4ccc(N5CCN(CC6=C(C78CC(C)(C7)C8)CC(C)(C)CC6)CC5)cc4)cc3S(=O)(=O)C(F)(F)F)CC2)c1. The first-order valence-corrected chi connectivity index (χ1v) is 34.4. The second-order valence-corrected chi connectivity index (χ2v) is 30.5. The Labute approximate surface area is 507 Å². The molecule has 4 aromatic carbocycles. The van der Waals surface area contributed by atoms with Crippen molar-refractivity contribution in [2.75, 3.05) is 94.6 Å². The Morgan fingerprint density at radius 3 is 2.20 bits per heavy atom. The number of carbonyl (C=O) groups is 2. The Balaban J connectivity index is 0.734. The summed E-state index contributed by atoms with van der Waals surface area (Å²) in [5, 5.41) is 5.80. The molecule has 0 spiro atoms. The first-order valence-electron chi connectivity index (χ1n) is 29.5. The number of ether oxygens (including phenoxy) is 1. The molecule has 2 saturated heterocycles. The number of hydrogen-bond acceptors (Lipinski definition) is 15. The highest BCUT2D eigenvalue weighted by atomic mass is 32.2. The van der Waals surface area contributed by atoms with E-state index in [0.717, 1.165) is 135 Å². The Morgan fingerprint density at radius 1 is 0.847 bits per heavy atom. The van der Waals surface area contributed by atoms with Gasteiger partial charge in [-0.05, 0) is 154 Å². The molecule has 2 aliphatic heterocycles. The van der Waals surface area contributed by atoms with E-state index in [1.807, 2.05) is 65.7 Å². The minimum absolute atomic E-state index is 0.0119. The monoisotopic (exact) mass is 1240 g/mol. The third-order valence-corrected chi connectivity index (χ3v) is 22.9. The lowest BCUT2D eigenvalue weighted by molar-refractivity contribution is -0.167. The molecule has 4 aliphatic carbocycles. The van der Waals surface area contributed by atoms with Crippen molar-refractivity contribution in [2.24, 2.45) is 16.2 Å². The highest BCUT2D eigenvalue weighted by molar-refractivity contribution is 7.99. The molecule has 6 aliphatic rings. The number of thiazole rings is 1. The lowest BCUT2D eigenvalue weighted by Gasteiger charge is -2.72. The normalized spacial score (nSPS) is 21.6. The fraction of sp³-hybridized carbons (Fsp3) is 0.508. The number of alkyl halides is 3. The lowest BCUT2D eigenvalue weighted by atomic mass is 9.33. The number of carbonyl (C=O) groups excluding carboxylic acids is 2. The summed E-state index contributed by atoms with van der Waals surface area (Å²) in [4.78, 5) is 38.3. The molecule has 0 radical (unpaired) electrons. The quantitative estimate of drug-likeness (QED) is 0.0207. The maximum atomic E-state index is 14.5. The maximum Gasteiger partial charge on any atom is 0.501 e. The molecule has 5 aromatic rings. The van der Waals surface area contributed by atoms with Gasteiger partial charge in [-0.15, -0.1) is 23.1 Å². The smallest absolute Gasteiger partial charge is 0.493 e. The number of nitrogens with one attached hydrogen (secondary N) is 3. The van der Waals surface area contributed by atoms with Crippen LogP contribution in [0.2, 0.25) is 0 Å². The Kier molecular flexibility index (Phi) is 19.2. The molecule has 85 heavy (non-hydrogen) atoms.